The van der Waals surface area contributed by atoms with Gasteiger partial charge in [0.05, 0.1) is 12.1 Å². The number of nitrogens with one attached hydrogen (secondary N) is 1. The second-order valence-electron chi connectivity index (χ2n) is 4.89. The molecule has 0 bridgehead atoms. The molecule has 6 heteroatoms. The molecular weight excluding hydrogens is 275 g/mol. The third-order valence-corrected chi connectivity index (χ3v) is 3.28. The van der Waals surface area contributed by atoms with Crippen LogP contribution in [0, 0.1) is 29.8 Å². The van der Waals surface area contributed by atoms with Crippen molar-refractivity contribution < 1.29 is 13.7 Å². The smallest absolute Gasteiger partial charge is 0.404 e. The Labute approximate surface area is 121 Å². The van der Waals surface area contributed by atoms with E-state index < -0.39 is 4.92 Å². The van der Waals surface area contributed by atoms with Crippen LogP contribution in [0.2, 0.25) is 0 Å². The summed E-state index contributed by atoms with van der Waals surface area (Å²) in [5.41, 5.74) is 1.89. The zero-order chi connectivity index (χ0) is 15.6. The molecule has 0 fully saturated rings. The summed E-state index contributed by atoms with van der Waals surface area (Å²) in [5, 5.41) is 13.9. The van der Waals surface area contributed by atoms with E-state index in [0.29, 0.717) is 23.4 Å². The number of aryl methyl sites for hydroxylation is 2. The minimum Gasteiger partial charge on any atom is -0.404 e. The highest BCUT2D eigenvalue weighted by Crippen LogP contribution is 2.29. The highest BCUT2D eigenvalue weighted by molar-refractivity contribution is 5.36. The van der Waals surface area contributed by atoms with Crippen molar-refractivity contribution in [2.45, 2.75) is 26.8 Å². The Morgan fingerprint density at radius 2 is 1.95 bits per heavy atom. The highest BCUT2D eigenvalue weighted by atomic mass is 19.1. The van der Waals surface area contributed by atoms with Crippen LogP contribution in [-0.4, -0.2) is 11.5 Å². The van der Waals surface area contributed by atoms with E-state index in [1.165, 1.54) is 6.07 Å². The number of furan rings is 1. The van der Waals surface area contributed by atoms with Gasteiger partial charge < -0.3 is 9.73 Å². The van der Waals surface area contributed by atoms with Gasteiger partial charge in [-0.05, 0) is 43.1 Å². The first kappa shape index (κ1) is 15.2. The molecule has 2 rings (SSSR count). The fourth-order valence-electron chi connectivity index (χ4n) is 2.33. The maximum Gasteiger partial charge on any atom is 0.433 e. The number of nitrogens with zero attached hydrogens (tertiary/aromatic N) is 1. The Bertz CT molecular complexity index is 644. The van der Waals surface area contributed by atoms with Crippen LogP contribution in [0.3, 0.4) is 0 Å². The Kier molecular flexibility index (Phi) is 4.37. The zero-order valence-electron chi connectivity index (χ0n) is 12.1. The summed E-state index contributed by atoms with van der Waals surface area (Å²) in [4.78, 5) is 10.2. The van der Waals surface area contributed by atoms with Gasteiger partial charge in [-0.3, -0.25) is 10.1 Å². The van der Waals surface area contributed by atoms with Crippen molar-refractivity contribution in [2.24, 2.45) is 0 Å². The molecule has 2 aromatic rings. The lowest BCUT2D eigenvalue weighted by molar-refractivity contribution is -0.402. The van der Waals surface area contributed by atoms with E-state index in [0.717, 1.165) is 5.56 Å². The molecule has 0 radical (unpaired) electrons. The molecule has 1 aromatic carbocycles. The molecule has 112 valence electrons. The first-order valence-electron chi connectivity index (χ1n) is 6.68. The number of nitro groups is 1. The molecule has 0 amide bonds. The molecular formula is C15H17FN2O3. The molecule has 1 N–H and O–H groups in total. The van der Waals surface area contributed by atoms with Crippen molar-refractivity contribution >= 4 is 5.88 Å². The number of benzene rings is 1. The van der Waals surface area contributed by atoms with E-state index in [2.05, 4.69) is 5.32 Å². The van der Waals surface area contributed by atoms with Crippen LogP contribution in [0.5, 0.6) is 0 Å². The topological polar surface area (TPSA) is 68.3 Å². The predicted molar refractivity (Wildman–Crippen MR) is 76.8 cm³/mol. The van der Waals surface area contributed by atoms with E-state index in [4.69, 9.17) is 4.42 Å². The SMILES string of the molecule is CCNC(c1cc(C)c(F)c(C)c1)c1ccc([N+](=O)[O-])o1. The Hall–Kier alpha value is -2.21. The highest BCUT2D eigenvalue weighted by Gasteiger charge is 2.22. The van der Waals surface area contributed by atoms with Crippen molar-refractivity contribution in [1.82, 2.24) is 5.32 Å². The summed E-state index contributed by atoms with van der Waals surface area (Å²) in [6.07, 6.45) is 0. The second-order valence-corrected chi connectivity index (χ2v) is 4.89. The van der Waals surface area contributed by atoms with Crippen molar-refractivity contribution in [1.29, 1.82) is 0 Å². The third kappa shape index (κ3) is 3.11. The van der Waals surface area contributed by atoms with Crippen LogP contribution < -0.4 is 5.32 Å². The Balaban J connectivity index is 2.45. The van der Waals surface area contributed by atoms with Gasteiger partial charge in [0.2, 0.25) is 0 Å². The summed E-state index contributed by atoms with van der Waals surface area (Å²) in [6, 6.07) is 6.00. The fourth-order valence-corrected chi connectivity index (χ4v) is 2.33. The molecule has 0 aliphatic rings. The van der Waals surface area contributed by atoms with Crippen LogP contribution in [0.25, 0.3) is 0 Å². The maximum absolute atomic E-state index is 13.7. The van der Waals surface area contributed by atoms with Crippen molar-refractivity contribution in [3.05, 3.63) is 62.6 Å². The van der Waals surface area contributed by atoms with Gasteiger partial charge in [0, 0.05) is 0 Å². The van der Waals surface area contributed by atoms with Gasteiger partial charge >= 0.3 is 5.88 Å². The van der Waals surface area contributed by atoms with E-state index in [1.54, 1.807) is 32.0 Å². The van der Waals surface area contributed by atoms with Crippen LogP contribution in [0.4, 0.5) is 10.3 Å². The Morgan fingerprint density at radius 3 is 2.43 bits per heavy atom. The van der Waals surface area contributed by atoms with E-state index in [9.17, 15) is 14.5 Å². The normalized spacial score (nSPS) is 12.4. The molecule has 0 saturated heterocycles. The zero-order valence-corrected chi connectivity index (χ0v) is 12.1. The van der Waals surface area contributed by atoms with Crippen molar-refractivity contribution in [2.75, 3.05) is 6.54 Å². The summed E-state index contributed by atoms with van der Waals surface area (Å²) in [7, 11) is 0. The van der Waals surface area contributed by atoms with Crippen LogP contribution in [0.1, 0.15) is 35.4 Å². The lowest BCUT2D eigenvalue weighted by Crippen LogP contribution is -2.22. The molecule has 0 saturated carbocycles. The van der Waals surface area contributed by atoms with E-state index >= 15 is 0 Å². The van der Waals surface area contributed by atoms with Crippen molar-refractivity contribution in [3.63, 3.8) is 0 Å². The average molecular weight is 292 g/mol. The quantitative estimate of drug-likeness (QED) is 0.674. The standard InChI is InChI=1S/C15H17FN2O3/c1-4-17-15(12-5-6-13(21-12)18(19)20)11-7-9(2)14(16)10(3)8-11/h5-8,15,17H,4H2,1-3H3. The monoisotopic (exact) mass is 292 g/mol. The lowest BCUT2D eigenvalue weighted by atomic mass is 9.99. The molecule has 0 aliphatic heterocycles. The van der Waals surface area contributed by atoms with Gasteiger partial charge in [0.25, 0.3) is 0 Å². The summed E-state index contributed by atoms with van der Waals surface area (Å²) < 4.78 is 19.0. The van der Waals surface area contributed by atoms with Gasteiger partial charge in [-0.15, -0.1) is 0 Å². The first-order valence-corrected chi connectivity index (χ1v) is 6.68. The number of hydrogen-bond acceptors (Lipinski definition) is 4. The van der Waals surface area contributed by atoms with E-state index in [-0.39, 0.29) is 17.7 Å². The van der Waals surface area contributed by atoms with Gasteiger partial charge in [-0.1, -0.05) is 19.1 Å². The molecule has 0 spiro atoms. The molecule has 1 atom stereocenters. The van der Waals surface area contributed by atoms with Gasteiger partial charge in [-0.25, -0.2) is 4.39 Å². The number of rotatable bonds is 5. The minimum atomic E-state index is -0.576. The van der Waals surface area contributed by atoms with Gasteiger partial charge in [0.1, 0.15) is 16.5 Å². The largest absolute Gasteiger partial charge is 0.433 e. The number of halogens is 1. The van der Waals surface area contributed by atoms with Gasteiger partial charge in [0.15, 0.2) is 0 Å². The molecule has 21 heavy (non-hydrogen) atoms. The van der Waals surface area contributed by atoms with Crippen molar-refractivity contribution in [3.8, 4) is 0 Å². The summed E-state index contributed by atoms with van der Waals surface area (Å²) in [6.45, 7) is 5.96. The summed E-state index contributed by atoms with van der Waals surface area (Å²) >= 11 is 0. The fraction of sp³-hybridized carbons (Fsp3) is 0.333. The molecule has 0 aliphatic carbocycles. The minimum absolute atomic E-state index is 0.237. The molecule has 1 aromatic heterocycles. The number of hydrogen-bond donors (Lipinski definition) is 1. The molecule has 1 heterocycles. The second kappa shape index (κ2) is 6.05. The lowest BCUT2D eigenvalue weighted by Gasteiger charge is -2.17. The summed E-state index contributed by atoms with van der Waals surface area (Å²) in [5.74, 6) is -0.100. The van der Waals surface area contributed by atoms with Crippen LogP contribution >= 0.6 is 0 Å². The van der Waals surface area contributed by atoms with Crippen LogP contribution in [-0.2, 0) is 0 Å². The molecule has 5 nitrogen and oxygen atoms in total. The van der Waals surface area contributed by atoms with E-state index in [1.807, 2.05) is 6.92 Å². The van der Waals surface area contributed by atoms with Gasteiger partial charge in [-0.2, -0.15) is 0 Å². The average Bonchev–Trinajstić information content (AvgIpc) is 2.91. The first-order chi connectivity index (χ1) is 9.93. The maximum atomic E-state index is 13.7. The molecule has 1 unspecified atom stereocenters. The Morgan fingerprint density at radius 1 is 1.33 bits per heavy atom. The van der Waals surface area contributed by atoms with Crippen LogP contribution in [0.15, 0.2) is 28.7 Å². The third-order valence-electron chi connectivity index (χ3n) is 3.28. The predicted octanol–water partition coefficient (Wildman–Crippen LogP) is 3.64.